The SMILES string of the molecule is CC1=C(C(=O)O)C(c2cccc([N+](=O)[O-])c2)C(Cc2ccccc2)(C(=O)O)C(C)N1. The summed E-state index contributed by atoms with van der Waals surface area (Å²) in [5, 5.41) is 34.7. The van der Waals surface area contributed by atoms with Gasteiger partial charge in [0.15, 0.2) is 0 Å². The molecule has 0 spiro atoms. The van der Waals surface area contributed by atoms with Gasteiger partial charge in [-0.15, -0.1) is 0 Å². The Morgan fingerprint density at radius 2 is 1.80 bits per heavy atom. The van der Waals surface area contributed by atoms with Crippen LogP contribution >= 0.6 is 0 Å². The van der Waals surface area contributed by atoms with Gasteiger partial charge in [-0.25, -0.2) is 4.79 Å². The predicted molar refractivity (Wildman–Crippen MR) is 109 cm³/mol. The molecular formula is C22H22N2O6. The summed E-state index contributed by atoms with van der Waals surface area (Å²) in [6.07, 6.45) is 0.0504. The molecule has 2 aromatic rings. The number of nitro benzene ring substituents is 1. The average Bonchev–Trinajstić information content (AvgIpc) is 2.70. The molecule has 1 aliphatic heterocycles. The van der Waals surface area contributed by atoms with E-state index in [1.54, 1.807) is 44.2 Å². The van der Waals surface area contributed by atoms with Crippen LogP contribution in [0.1, 0.15) is 30.9 Å². The number of carbonyl (C=O) groups is 2. The molecule has 30 heavy (non-hydrogen) atoms. The van der Waals surface area contributed by atoms with Gasteiger partial charge in [0.2, 0.25) is 0 Å². The zero-order valence-corrected chi connectivity index (χ0v) is 16.5. The van der Waals surface area contributed by atoms with Gasteiger partial charge in [-0.05, 0) is 31.4 Å². The fourth-order valence-electron chi connectivity index (χ4n) is 4.39. The van der Waals surface area contributed by atoms with E-state index in [-0.39, 0.29) is 23.2 Å². The van der Waals surface area contributed by atoms with Crippen molar-refractivity contribution in [3.8, 4) is 0 Å². The van der Waals surface area contributed by atoms with Gasteiger partial charge in [0.05, 0.1) is 10.5 Å². The van der Waals surface area contributed by atoms with Gasteiger partial charge in [-0.3, -0.25) is 14.9 Å². The lowest BCUT2D eigenvalue weighted by molar-refractivity contribution is -0.384. The molecule has 0 saturated carbocycles. The molecule has 3 unspecified atom stereocenters. The molecule has 8 nitrogen and oxygen atoms in total. The molecule has 3 rings (SSSR count). The third-order valence-corrected chi connectivity index (χ3v) is 5.80. The monoisotopic (exact) mass is 410 g/mol. The highest BCUT2D eigenvalue weighted by Crippen LogP contribution is 2.50. The molecule has 0 bridgehead atoms. The minimum absolute atomic E-state index is 0.0504. The lowest BCUT2D eigenvalue weighted by Gasteiger charge is -2.47. The van der Waals surface area contributed by atoms with Crippen molar-refractivity contribution >= 4 is 17.6 Å². The number of nitrogens with one attached hydrogen (secondary N) is 1. The number of carboxylic acid groups (broad SMARTS) is 2. The number of hydrogen-bond donors (Lipinski definition) is 3. The Balaban J connectivity index is 2.31. The van der Waals surface area contributed by atoms with Crippen LogP contribution in [0.15, 0.2) is 65.9 Å². The molecule has 0 aliphatic carbocycles. The number of carboxylic acids is 2. The first-order valence-corrected chi connectivity index (χ1v) is 9.40. The Hall–Kier alpha value is -3.68. The van der Waals surface area contributed by atoms with E-state index < -0.39 is 34.2 Å². The zero-order valence-electron chi connectivity index (χ0n) is 16.5. The van der Waals surface area contributed by atoms with Gasteiger partial charge in [0, 0.05) is 29.8 Å². The number of non-ortho nitro benzene ring substituents is 1. The number of hydrogen-bond acceptors (Lipinski definition) is 5. The van der Waals surface area contributed by atoms with E-state index in [4.69, 9.17) is 0 Å². The van der Waals surface area contributed by atoms with Crippen molar-refractivity contribution in [1.29, 1.82) is 0 Å². The van der Waals surface area contributed by atoms with E-state index >= 15 is 0 Å². The number of allylic oxidation sites excluding steroid dienone is 1. The minimum Gasteiger partial charge on any atom is -0.481 e. The summed E-state index contributed by atoms with van der Waals surface area (Å²) in [6, 6.07) is 13.9. The van der Waals surface area contributed by atoms with E-state index in [9.17, 15) is 29.9 Å². The maximum absolute atomic E-state index is 12.8. The van der Waals surface area contributed by atoms with Gasteiger partial charge in [0.1, 0.15) is 5.41 Å². The van der Waals surface area contributed by atoms with Crippen molar-refractivity contribution < 1.29 is 24.7 Å². The summed E-state index contributed by atoms with van der Waals surface area (Å²) in [7, 11) is 0. The fourth-order valence-corrected chi connectivity index (χ4v) is 4.39. The number of nitro groups is 1. The highest BCUT2D eigenvalue weighted by molar-refractivity contribution is 5.93. The summed E-state index contributed by atoms with van der Waals surface area (Å²) in [4.78, 5) is 35.7. The van der Waals surface area contributed by atoms with E-state index in [0.29, 0.717) is 5.70 Å². The molecule has 156 valence electrons. The topological polar surface area (TPSA) is 130 Å². The third kappa shape index (κ3) is 3.52. The Labute approximate surface area is 173 Å². The van der Waals surface area contributed by atoms with Crippen LogP contribution in [0.4, 0.5) is 5.69 Å². The van der Waals surface area contributed by atoms with Crippen LogP contribution in [0.5, 0.6) is 0 Å². The van der Waals surface area contributed by atoms with Crippen molar-refractivity contribution in [3.63, 3.8) is 0 Å². The molecule has 1 aliphatic rings. The van der Waals surface area contributed by atoms with Crippen molar-refractivity contribution in [2.45, 2.75) is 32.2 Å². The third-order valence-electron chi connectivity index (χ3n) is 5.80. The lowest BCUT2D eigenvalue weighted by atomic mass is 9.59. The molecule has 3 N–H and O–H groups in total. The second kappa shape index (κ2) is 7.98. The van der Waals surface area contributed by atoms with Crippen LogP contribution in [-0.2, 0) is 16.0 Å². The highest BCUT2D eigenvalue weighted by atomic mass is 16.6. The Morgan fingerprint density at radius 3 is 2.37 bits per heavy atom. The highest BCUT2D eigenvalue weighted by Gasteiger charge is 2.56. The molecule has 0 saturated heterocycles. The molecule has 3 atom stereocenters. The summed E-state index contributed by atoms with van der Waals surface area (Å²) in [5.74, 6) is -3.53. The second-order valence-corrected chi connectivity index (χ2v) is 7.50. The average molecular weight is 410 g/mol. The zero-order chi connectivity index (χ0) is 22.1. The number of rotatable bonds is 6. The summed E-state index contributed by atoms with van der Waals surface area (Å²) >= 11 is 0. The van der Waals surface area contributed by atoms with E-state index in [1.807, 2.05) is 6.07 Å². The smallest absolute Gasteiger partial charge is 0.333 e. The maximum atomic E-state index is 12.8. The fraction of sp³-hybridized carbons (Fsp3) is 0.273. The van der Waals surface area contributed by atoms with Crippen molar-refractivity contribution in [2.75, 3.05) is 0 Å². The van der Waals surface area contributed by atoms with Gasteiger partial charge in [-0.1, -0.05) is 42.5 Å². The second-order valence-electron chi connectivity index (χ2n) is 7.50. The first-order valence-electron chi connectivity index (χ1n) is 9.40. The molecule has 0 amide bonds. The predicted octanol–water partition coefficient (Wildman–Crippen LogP) is 3.34. The van der Waals surface area contributed by atoms with E-state index in [0.717, 1.165) is 5.56 Å². The van der Waals surface area contributed by atoms with Crippen LogP contribution in [0.2, 0.25) is 0 Å². The number of benzene rings is 2. The largest absolute Gasteiger partial charge is 0.481 e. The molecule has 0 radical (unpaired) electrons. The first kappa shape index (κ1) is 21.0. The maximum Gasteiger partial charge on any atom is 0.333 e. The Bertz CT molecular complexity index is 1030. The Kier molecular flexibility index (Phi) is 5.60. The van der Waals surface area contributed by atoms with Crippen molar-refractivity contribution in [2.24, 2.45) is 5.41 Å². The summed E-state index contributed by atoms with van der Waals surface area (Å²) in [6.45, 7) is 3.28. The molecular weight excluding hydrogens is 388 g/mol. The number of aliphatic carboxylic acids is 2. The van der Waals surface area contributed by atoms with E-state index in [1.165, 1.54) is 18.2 Å². The van der Waals surface area contributed by atoms with Gasteiger partial charge in [0.25, 0.3) is 5.69 Å². The van der Waals surface area contributed by atoms with Gasteiger partial charge < -0.3 is 15.5 Å². The van der Waals surface area contributed by atoms with Crippen LogP contribution in [-0.4, -0.2) is 33.1 Å². The molecule has 2 aromatic carbocycles. The lowest BCUT2D eigenvalue weighted by Crippen LogP contribution is -2.57. The molecule has 8 heteroatoms. The minimum atomic E-state index is -1.58. The van der Waals surface area contributed by atoms with Gasteiger partial charge >= 0.3 is 11.9 Å². The molecule has 0 fully saturated rings. The van der Waals surface area contributed by atoms with Crippen LogP contribution in [0, 0.1) is 15.5 Å². The Morgan fingerprint density at radius 1 is 1.13 bits per heavy atom. The van der Waals surface area contributed by atoms with E-state index in [2.05, 4.69) is 5.32 Å². The summed E-state index contributed by atoms with van der Waals surface area (Å²) < 4.78 is 0. The number of nitrogens with zero attached hydrogens (tertiary/aromatic N) is 1. The normalized spacial score (nSPS) is 23.5. The van der Waals surface area contributed by atoms with Crippen molar-refractivity contribution in [1.82, 2.24) is 5.32 Å². The standard InChI is InChI=1S/C22H22N2O6/c1-13-18(20(25)26)19(16-9-6-10-17(11-16)24(29)30)22(21(27)28,14(2)23-13)12-15-7-4-3-5-8-15/h3-11,14,19,23H,12H2,1-2H3,(H,25,26)(H,27,28). The molecule has 0 aromatic heterocycles. The summed E-state index contributed by atoms with van der Waals surface area (Å²) in [5.41, 5.74) is -0.548. The van der Waals surface area contributed by atoms with Gasteiger partial charge in [-0.2, -0.15) is 0 Å². The van der Waals surface area contributed by atoms with Crippen LogP contribution in [0.3, 0.4) is 0 Å². The van der Waals surface area contributed by atoms with Crippen LogP contribution in [0.25, 0.3) is 0 Å². The molecule has 1 heterocycles. The first-order chi connectivity index (χ1) is 14.2. The van der Waals surface area contributed by atoms with Crippen molar-refractivity contribution in [3.05, 3.63) is 87.1 Å². The van der Waals surface area contributed by atoms with Crippen LogP contribution < -0.4 is 5.32 Å². The quantitative estimate of drug-likeness (QED) is 0.492.